The average molecular weight is 736 g/mol. The minimum absolute atomic E-state index is 0.433. The molecule has 6 aromatic carbocycles. The van der Waals surface area contributed by atoms with Gasteiger partial charge in [0.25, 0.3) is 0 Å². The molecule has 264 valence electrons. The summed E-state index contributed by atoms with van der Waals surface area (Å²) in [5, 5.41) is 0. The van der Waals surface area contributed by atoms with Crippen molar-refractivity contribution >= 4 is 29.7 Å². The van der Waals surface area contributed by atoms with E-state index in [2.05, 4.69) is 219 Å². The molecule has 0 saturated carbocycles. The zero-order chi connectivity index (χ0) is 36.4. The Labute approximate surface area is 324 Å². The molecule has 0 N–H and O–H groups in total. The van der Waals surface area contributed by atoms with Crippen LogP contribution in [0.25, 0.3) is 0 Å². The van der Waals surface area contributed by atoms with Crippen LogP contribution >= 0.6 is 6.13 Å². The summed E-state index contributed by atoms with van der Waals surface area (Å²) < 4.78 is 0. The first-order valence-electron chi connectivity index (χ1n) is 18.8. The standard InChI is InChI=1S/C49H52.PS2/c1-38(40-21-9-3-10-22-40)33-46(42-25-13-5-14-26-42)35-48(44-29-17-7-18-30-44)37-49(45-31-19-8-20-32-45)36-47(43-27-15-6-16-28-43)34-39(2)41-23-11-4-12-24-41;2-1-3/h3-32,38-39,46-49H,33-37H2,1-2H3;/q;+1. The molecule has 0 aliphatic carbocycles. The summed E-state index contributed by atoms with van der Waals surface area (Å²) in [5.74, 6) is 2.75. The van der Waals surface area contributed by atoms with Gasteiger partial charge >= 0.3 is 29.7 Å². The van der Waals surface area contributed by atoms with Crippen LogP contribution in [0.1, 0.15) is 115 Å². The quantitative estimate of drug-likeness (QED) is 0.0908. The van der Waals surface area contributed by atoms with Crippen LogP contribution in [0.3, 0.4) is 0 Å². The maximum absolute atomic E-state index is 4.18. The summed E-state index contributed by atoms with van der Waals surface area (Å²) in [7, 11) is 0. The van der Waals surface area contributed by atoms with Crippen LogP contribution in [0.4, 0.5) is 0 Å². The van der Waals surface area contributed by atoms with Gasteiger partial charge in [-0.2, -0.15) is 0 Å². The summed E-state index contributed by atoms with van der Waals surface area (Å²) in [6, 6.07) is 67.6. The van der Waals surface area contributed by atoms with Gasteiger partial charge in [0, 0.05) is 0 Å². The van der Waals surface area contributed by atoms with Gasteiger partial charge in [-0.05, 0) is 101 Å². The van der Waals surface area contributed by atoms with Crippen LogP contribution in [-0.2, 0) is 23.6 Å². The fourth-order valence-corrected chi connectivity index (χ4v) is 8.09. The number of rotatable bonds is 16. The molecule has 6 aromatic rings. The second-order valence-corrected chi connectivity index (χ2v) is 16.2. The van der Waals surface area contributed by atoms with Gasteiger partial charge in [0.2, 0.25) is 0 Å². The Balaban J connectivity index is 0.00000168. The van der Waals surface area contributed by atoms with Crippen molar-refractivity contribution in [2.45, 2.75) is 81.5 Å². The number of hydrogen-bond acceptors (Lipinski definition) is 2. The van der Waals surface area contributed by atoms with E-state index < -0.39 is 0 Å². The SMILES string of the molecule is CC(CC(CC(CC(CC(CC(C)c1ccccc1)c1ccccc1)c1ccccc1)c1ccccc1)c1ccccc1)c1ccccc1.S=[P+]=S. The van der Waals surface area contributed by atoms with Crippen molar-refractivity contribution in [3.8, 4) is 0 Å². The fourth-order valence-electron chi connectivity index (χ4n) is 8.09. The van der Waals surface area contributed by atoms with Crippen LogP contribution in [-0.4, -0.2) is 0 Å². The predicted molar refractivity (Wildman–Crippen MR) is 231 cm³/mol. The molecule has 0 bridgehead atoms. The second-order valence-electron chi connectivity index (χ2n) is 14.3. The Morgan fingerprint density at radius 3 is 0.692 bits per heavy atom. The molecular weight excluding hydrogens is 684 g/mol. The molecule has 0 aromatic heterocycles. The van der Waals surface area contributed by atoms with Gasteiger partial charge in [-0.15, -0.1) is 0 Å². The van der Waals surface area contributed by atoms with Crippen LogP contribution in [0.2, 0.25) is 0 Å². The molecule has 0 aliphatic heterocycles. The van der Waals surface area contributed by atoms with E-state index in [9.17, 15) is 0 Å². The van der Waals surface area contributed by atoms with Crippen LogP contribution in [0, 0.1) is 0 Å². The molecular formula is C49H52PS2+. The molecule has 0 saturated heterocycles. The molecule has 0 amide bonds. The van der Waals surface area contributed by atoms with E-state index in [0.29, 0.717) is 41.6 Å². The number of hydrogen-bond donors (Lipinski definition) is 0. The molecule has 0 spiro atoms. The van der Waals surface area contributed by atoms with E-state index >= 15 is 0 Å². The number of benzene rings is 6. The molecule has 3 heteroatoms. The molecule has 0 aliphatic rings. The van der Waals surface area contributed by atoms with Crippen molar-refractivity contribution < 1.29 is 0 Å². The normalized spacial score (nSPS) is 14.3. The Hall–Kier alpha value is -3.81. The zero-order valence-corrected chi connectivity index (χ0v) is 33.1. The van der Waals surface area contributed by atoms with E-state index in [0.717, 1.165) is 32.1 Å². The third-order valence-electron chi connectivity index (χ3n) is 10.8. The molecule has 6 rings (SSSR count). The summed E-state index contributed by atoms with van der Waals surface area (Å²) in [5.41, 5.74) is 8.71. The topological polar surface area (TPSA) is 0 Å². The van der Waals surface area contributed by atoms with Crippen LogP contribution < -0.4 is 0 Å². The molecule has 0 radical (unpaired) electrons. The summed E-state index contributed by atoms with van der Waals surface area (Å²) in [6.45, 7) is 4.82. The van der Waals surface area contributed by atoms with E-state index in [-0.39, 0.29) is 0 Å². The summed E-state index contributed by atoms with van der Waals surface area (Å²) in [6.07, 6.45) is 6.24. The van der Waals surface area contributed by atoms with E-state index in [4.69, 9.17) is 0 Å². The van der Waals surface area contributed by atoms with Crippen molar-refractivity contribution in [3.63, 3.8) is 0 Å². The van der Waals surface area contributed by atoms with Crippen molar-refractivity contribution in [3.05, 3.63) is 215 Å². The Morgan fingerprint density at radius 1 is 0.308 bits per heavy atom. The third kappa shape index (κ3) is 12.1. The molecule has 0 fully saturated rings. The van der Waals surface area contributed by atoms with Crippen molar-refractivity contribution in [2.75, 3.05) is 0 Å². The Morgan fingerprint density at radius 2 is 0.481 bits per heavy atom. The van der Waals surface area contributed by atoms with Gasteiger partial charge in [0.05, 0.1) is 0 Å². The van der Waals surface area contributed by atoms with Crippen molar-refractivity contribution in [2.24, 2.45) is 0 Å². The third-order valence-corrected chi connectivity index (χ3v) is 10.8. The zero-order valence-electron chi connectivity index (χ0n) is 30.6. The van der Waals surface area contributed by atoms with E-state index in [1.165, 1.54) is 33.4 Å². The van der Waals surface area contributed by atoms with Crippen molar-refractivity contribution in [1.82, 2.24) is 0 Å². The van der Waals surface area contributed by atoms with E-state index in [1.807, 2.05) is 0 Å². The van der Waals surface area contributed by atoms with Gasteiger partial charge in [0.1, 0.15) is 0 Å². The van der Waals surface area contributed by atoms with Gasteiger partial charge in [-0.3, -0.25) is 0 Å². The van der Waals surface area contributed by atoms with Gasteiger partial charge < -0.3 is 0 Å². The first kappa shape index (κ1) is 39.4. The minimum atomic E-state index is 0.433. The predicted octanol–water partition coefficient (Wildman–Crippen LogP) is 14.5. The molecule has 0 heterocycles. The summed E-state index contributed by atoms with van der Waals surface area (Å²) in [4.78, 5) is 0. The first-order valence-corrected chi connectivity index (χ1v) is 21.7. The Kier molecular flexibility index (Phi) is 16.4. The van der Waals surface area contributed by atoms with E-state index in [1.54, 1.807) is 0 Å². The van der Waals surface area contributed by atoms with Gasteiger partial charge in [-0.1, -0.05) is 196 Å². The molecule has 6 atom stereocenters. The fraction of sp³-hybridized carbons (Fsp3) is 0.265. The van der Waals surface area contributed by atoms with Crippen LogP contribution in [0.15, 0.2) is 182 Å². The maximum atomic E-state index is 4.18. The molecule has 6 unspecified atom stereocenters. The molecule has 0 nitrogen and oxygen atoms in total. The average Bonchev–Trinajstić information content (AvgIpc) is 3.21. The second kappa shape index (κ2) is 21.7. The van der Waals surface area contributed by atoms with Gasteiger partial charge in [0.15, 0.2) is 0 Å². The van der Waals surface area contributed by atoms with Crippen LogP contribution in [0.5, 0.6) is 0 Å². The molecule has 52 heavy (non-hydrogen) atoms. The summed E-state index contributed by atoms with van der Waals surface area (Å²) >= 11 is 8.36. The first-order chi connectivity index (χ1) is 25.6. The van der Waals surface area contributed by atoms with Crippen molar-refractivity contribution in [1.29, 1.82) is 0 Å². The van der Waals surface area contributed by atoms with Gasteiger partial charge in [-0.25, -0.2) is 0 Å². The monoisotopic (exact) mass is 735 g/mol. The Bertz CT molecular complexity index is 1730.